The third kappa shape index (κ3) is 4.39. The van der Waals surface area contributed by atoms with E-state index < -0.39 is 23.5 Å². The van der Waals surface area contributed by atoms with Crippen LogP contribution in [0.3, 0.4) is 0 Å². The molecule has 2 aromatic carbocycles. The fourth-order valence-corrected chi connectivity index (χ4v) is 4.52. The number of hydrogen-bond donors (Lipinski definition) is 1. The number of fused-ring (bicyclic) bond motifs is 1. The molecule has 1 atom stereocenters. The zero-order valence-electron chi connectivity index (χ0n) is 20.7. The molecule has 9 heteroatoms. The number of carbonyl (C=O) groups excluding carboxylic acids is 3. The van der Waals surface area contributed by atoms with Gasteiger partial charge in [0, 0.05) is 17.3 Å². The normalized spacial score (nSPS) is 15.3. The predicted molar refractivity (Wildman–Crippen MR) is 138 cm³/mol. The largest absolute Gasteiger partial charge is 0.503 e. The molecule has 1 aliphatic heterocycles. The van der Waals surface area contributed by atoms with E-state index in [1.54, 1.807) is 79.9 Å². The van der Waals surface area contributed by atoms with Crippen molar-refractivity contribution in [2.45, 2.75) is 19.4 Å². The van der Waals surface area contributed by atoms with Crippen molar-refractivity contribution < 1.29 is 33.4 Å². The molecule has 5 rings (SSSR count). The number of ether oxygens (including phenoxy) is 2. The Morgan fingerprint density at radius 1 is 1.08 bits per heavy atom. The van der Waals surface area contributed by atoms with Gasteiger partial charge in [0.1, 0.15) is 6.04 Å². The molecular weight excluding hydrogens is 488 g/mol. The molecule has 1 amide bonds. The monoisotopic (exact) mass is 512 g/mol. The average molecular weight is 513 g/mol. The number of Topliss-reactive ketones (excluding diaryl/α,β-unsaturated/α-hetero) is 1. The van der Waals surface area contributed by atoms with Gasteiger partial charge in [-0.05, 0) is 48.9 Å². The number of esters is 1. The lowest BCUT2D eigenvalue weighted by Gasteiger charge is -2.26. The van der Waals surface area contributed by atoms with Gasteiger partial charge < -0.3 is 19.0 Å². The van der Waals surface area contributed by atoms with Gasteiger partial charge in [0.15, 0.2) is 22.9 Å². The third-order valence-corrected chi connectivity index (χ3v) is 6.24. The Kier molecular flexibility index (Phi) is 6.66. The first-order valence-corrected chi connectivity index (χ1v) is 12.0. The molecule has 0 aliphatic carbocycles. The molecular formula is C29H24N2O7. The maximum atomic E-state index is 13.8. The van der Waals surface area contributed by atoms with Gasteiger partial charge in [-0.3, -0.25) is 24.3 Å². The minimum absolute atomic E-state index is 0.0496. The highest BCUT2D eigenvalue weighted by atomic mass is 16.5. The van der Waals surface area contributed by atoms with Crippen LogP contribution in [0.2, 0.25) is 0 Å². The smallest absolute Gasteiger partial charge is 0.310 e. The molecule has 1 N–H and O–H groups in total. The zero-order chi connectivity index (χ0) is 26.8. The number of carbonyl (C=O) groups is 3. The van der Waals surface area contributed by atoms with Gasteiger partial charge in [-0.1, -0.05) is 30.3 Å². The highest BCUT2D eigenvalue weighted by molar-refractivity contribution is 6.20. The van der Waals surface area contributed by atoms with E-state index in [0.29, 0.717) is 33.7 Å². The van der Waals surface area contributed by atoms with Crippen molar-refractivity contribution in [1.29, 1.82) is 0 Å². The summed E-state index contributed by atoms with van der Waals surface area (Å²) in [5.74, 6) is -2.05. The highest BCUT2D eigenvalue weighted by Crippen LogP contribution is 2.42. The van der Waals surface area contributed by atoms with E-state index in [1.165, 1.54) is 12.0 Å². The predicted octanol–water partition coefficient (Wildman–Crippen LogP) is 4.72. The van der Waals surface area contributed by atoms with Crippen LogP contribution in [-0.4, -0.2) is 41.5 Å². The summed E-state index contributed by atoms with van der Waals surface area (Å²) in [5, 5.41) is 11.6. The number of aliphatic hydroxyl groups is 1. The molecule has 38 heavy (non-hydrogen) atoms. The van der Waals surface area contributed by atoms with E-state index in [9.17, 15) is 19.5 Å². The summed E-state index contributed by atoms with van der Waals surface area (Å²) in [7, 11) is 1.50. The minimum Gasteiger partial charge on any atom is -0.503 e. The maximum Gasteiger partial charge on any atom is 0.310 e. The molecule has 0 spiro atoms. The maximum absolute atomic E-state index is 13.8. The van der Waals surface area contributed by atoms with Crippen molar-refractivity contribution in [2.75, 3.05) is 18.6 Å². The summed E-state index contributed by atoms with van der Waals surface area (Å²) in [4.78, 5) is 44.7. The van der Waals surface area contributed by atoms with Crippen molar-refractivity contribution in [2.24, 2.45) is 0 Å². The standard InChI is InChI=1S/C29H24N2O7/c1-3-37-23(32)15-17-10-12-19(13-11-17)31-25(20-8-4-5-14-30-20)24(27(34)29(31)35)26(33)22-16-18-7-6-9-21(36-2)28(18)38-22/h4-14,16,25,34H,3,15H2,1-2H3. The summed E-state index contributed by atoms with van der Waals surface area (Å²) in [6.07, 6.45) is 1.62. The molecule has 0 saturated carbocycles. The van der Waals surface area contributed by atoms with Crippen LogP contribution in [0.5, 0.6) is 5.75 Å². The fraction of sp³-hybridized carbons (Fsp3) is 0.172. The SMILES string of the molecule is CCOC(=O)Cc1ccc(N2C(=O)C(O)=C(C(=O)c3cc4cccc(OC)c4o3)C2c2ccccn2)cc1. The lowest BCUT2D eigenvalue weighted by molar-refractivity contribution is -0.142. The number of para-hydroxylation sites is 1. The van der Waals surface area contributed by atoms with E-state index in [-0.39, 0.29) is 30.3 Å². The van der Waals surface area contributed by atoms with Gasteiger partial charge in [-0.25, -0.2) is 0 Å². The lowest BCUT2D eigenvalue weighted by Crippen LogP contribution is -2.31. The number of aliphatic hydroxyl groups excluding tert-OH is 1. The molecule has 9 nitrogen and oxygen atoms in total. The Morgan fingerprint density at radius 2 is 1.87 bits per heavy atom. The van der Waals surface area contributed by atoms with E-state index in [0.717, 1.165) is 0 Å². The fourth-order valence-electron chi connectivity index (χ4n) is 4.52. The number of furan rings is 1. The average Bonchev–Trinajstić information content (AvgIpc) is 3.48. The number of ketones is 1. The third-order valence-electron chi connectivity index (χ3n) is 6.24. The van der Waals surface area contributed by atoms with Gasteiger partial charge in [0.2, 0.25) is 5.78 Å². The molecule has 3 heterocycles. The van der Waals surface area contributed by atoms with Gasteiger partial charge in [-0.15, -0.1) is 0 Å². The molecule has 2 aromatic heterocycles. The molecule has 0 radical (unpaired) electrons. The first kappa shape index (κ1) is 24.8. The van der Waals surface area contributed by atoms with E-state index >= 15 is 0 Å². The van der Waals surface area contributed by atoms with Crippen molar-refractivity contribution in [1.82, 2.24) is 4.98 Å². The molecule has 0 fully saturated rings. The van der Waals surface area contributed by atoms with Gasteiger partial charge >= 0.3 is 5.97 Å². The highest BCUT2D eigenvalue weighted by Gasteiger charge is 2.46. The van der Waals surface area contributed by atoms with E-state index in [4.69, 9.17) is 13.9 Å². The Bertz CT molecular complexity index is 1560. The lowest BCUT2D eigenvalue weighted by atomic mass is 9.98. The number of anilines is 1. The topological polar surface area (TPSA) is 119 Å². The number of aromatic nitrogens is 1. The Balaban J connectivity index is 1.55. The van der Waals surface area contributed by atoms with Crippen LogP contribution in [0.4, 0.5) is 5.69 Å². The molecule has 4 aromatic rings. The van der Waals surface area contributed by atoms with Crippen molar-refractivity contribution in [3.05, 3.63) is 101 Å². The van der Waals surface area contributed by atoms with Crippen LogP contribution >= 0.6 is 0 Å². The second-order valence-electron chi connectivity index (χ2n) is 8.56. The molecule has 0 saturated heterocycles. The number of pyridine rings is 1. The summed E-state index contributed by atoms with van der Waals surface area (Å²) in [6.45, 7) is 2.02. The van der Waals surface area contributed by atoms with Gasteiger partial charge in [0.05, 0.1) is 31.4 Å². The van der Waals surface area contributed by atoms with E-state index in [1.807, 2.05) is 0 Å². The van der Waals surface area contributed by atoms with Crippen LogP contribution in [0.25, 0.3) is 11.0 Å². The van der Waals surface area contributed by atoms with Crippen LogP contribution in [0.15, 0.2) is 88.7 Å². The summed E-state index contributed by atoms with van der Waals surface area (Å²) in [5.41, 5.74) is 1.72. The van der Waals surface area contributed by atoms with Crippen molar-refractivity contribution >= 4 is 34.3 Å². The van der Waals surface area contributed by atoms with Crippen LogP contribution < -0.4 is 9.64 Å². The second-order valence-corrected chi connectivity index (χ2v) is 8.56. The second kappa shape index (κ2) is 10.2. The first-order chi connectivity index (χ1) is 18.4. The quantitative estimate of drug-likeness (QED) is 0.266. The number of benzene rings is 2. The van der Waals surface area contributed by atoms with E-state index in [2.05, 4.69) is 4.98 Å². The van der Waals surface area contributed by atoms with Crippen LogP contribution in [-0.2, 0) is 20.7 Å². The summed E-state index contributed by atoms with van der Waals surface area (Å²) >= 11 is 0. The van der Waals surface area contributed by atoms with Gasteiger partial charge in [0.25, 0.3) is 5.91 Å². The zero-order valence-corrected chi connectivity index (χ0v) is 20.7. The minimum atomic E-state index is -1.01. The van der Waals surface area contributed by atoms with Crippen LogP contribution in [0, 0.1) is 0 Å². The first-order valence-electron chi connectivity index (χ1n) is 12.0. The molecule has 1 unspecified atom stereocenters. The summed E-state index contributed by atoms with van der Waals surface area (Å²) < 4.78 is 16.2. The number of nitrogens with zero attached hydrogens (tertiary/aromatic N) is 2. The number of methoxy groups -OCH3 is 1. The van der Waals surface area contributed by atoms with Crippen LogP contribution in [0.1, 0.15) is 34.8 Å². The number of hydrogen-bond acceptors (Lipinski definition) is 8. The summed E-state index contributed by atoms with van der Waals surface area (Å²) in [6, 6.07) is 17.6. The Hall–Kier alpha value is -4.92. The number of rotatable bonds is 8. The molecule has 0 bridgehead atoms. The Morgan fingerprint density at radius 3 is 2.55 bits per heavy atom. The Labute approximate surface area is 217 Å². The number of amides is 1. The van der Waals surface area contributed by atoms with Crippen molar-refractivity contribution in [3.63, 3.8) is 0 Å². The molecule has 192 valence electrons. The van der Waals surface area contributed by atoms with Crippen molar-refractivity contribution in [3.8, 4) is 5.75 Å². The molecule has 1 aliphatic rings. The van der Waals surface area contributed by atoms with Gasteiger partial charge in [-0.2, -0.15) is 0 Å².